The van der Waals surface area contributed by atoms with Crippen molar-refractivity contribution in [3.63, 3.8) is 0 Å². The fourth-order valence-electron chi connectivity index (χ4n) is 1.63. The number of carbonyl (C=O) groups excluding carboxylic acids is 3. The van der Waals surface area contributed by atoms with Gasteiger partial charge in [0, 0.05) is 18.2 Å². The highest BCUT2D eigenvalue weighted by Crippen LogP contribution is 2.24. The average molecular weight is 275 g/mol. The van der Waals surface area contributed by atoms with E-state index in [2.05, 4.69) is 0 Å². The molecule has 20 heavy (non-hydrogen) atoms. The minimum Gasteiger partial charge on any atom is -0.481 e. The Morgan fingerprint density at radius 3 is 2.40 bits per heavy atom. The molecular weight excluding hydrogens is 266 g/mol. The molecule has 1 N–H and O–H groups in total. The molecule has 0 saturated heterocycles. The number of benzene rings is 1. The maximum Gasteiger partial charge on any atom is 0.322 e. The molecule has 7 nitrogen and oxygen atoms in total. The summed E-state index contributed by atoms with van der Waals surface area (Å²) in [5.74, 6) is -3.18. The zero-order valence-corrected chi connectivity index (χ0v) is 10.1. The lowest BCUT2D eigenvalue weighted by Gasteiger charge is -2.14. The molecule has 2 amide bonds. The van der Waals surface area contributed by atoms with Gasteiger partial charge in [-0.1, -0.05) is 6.07 Å². The number of carboxylic acids is 1. The second kappa shape index (κ2) is 5.35. The molecule has 0 fully saturated rings. The summed E-state index contributed by atoms with van der Waals surface area (Å²) in [4.78, 5) is 45.5. The second-order valence-corrected chi connectivity index (χ2v) is 3.89. The average Bonchev–Trinajstić information content (AvgIpc) is 2.68. The van der Waals surface area contributed by atoms with Crippen LogP contribution in [0.4, 0.5) is 5.69 Å². The van der Waals surface area contributed by atoms with E-state index in [1.807, 2.05) is 0 Å². The molecule has 1 aromatic rings. The Kier molecular flexibility index (Phi) is 3.60. The normalized spacial score (nSPS) is 13.7. The monoisotopic (exact) mass is 275 g/mol. The number of hydrogen-bond donors (Lipinski definition) is 1. The third kappa shape index (κ3) is 2.89. The van der Waals surface area contributed by atoms with Gasteiger partial charge >= 0.3 is 11.9 Å². The molecule has 1 aliphatic heterocycles. The van der Waals surface area contributed by atoms with Crippen molar-refractivity contribution in [2.24, 2.45) is 0 Å². The van der Waals surface area contributed by atoms with Gasteiger partial charge in [0.2, 0.25) is 0 Å². The van der Waals surface area contributed by atoms with E-state index in [9.17, 15) is 19.2 Å². The topological polar surface area (TPSA) is 101 Å². The van der Waals surface area contributed by atoms with E-state index in [-0.39, 0.29) is 11.4 Å². The zero-order valence-electron chi connectivity index (χ0n) is 10.1. The fraction of sp³-hybridized carbons (Fsp3) is 0.0769. The van der Waals surface area contributed by atoms with Gasteiger partial charge in [0.1, 0.15) is 12.2 Å². The molecule has 1 aromatic carbocycles. The summed E-state index contributed by atoms with van der Waals surface area (Å²) < 4.78 is 4.81. The van der Waals surface area contributed by atoms with Gasteiger partial charge < -0.3 is 9.84 Å². The second-order valence-electron chi connectivity index (χ2n) is 3.89. The number of carbonyl (C=O) groups is 4. The maximum absolute atomic E-state index is 11.5. The lowest BCUT2D eigenvalue weighted by molar-refractivity contribution is -0.145. The van der Waals surface area contributed by atoms with E-state index < -0.39 is 30.2 Å². The quantitative estimate of drug-likeness (QED) is 0.371. The molecule has 0 unspecified atom stereocenters. The van der Waals surface area contributed by atoms with Crippen molar-refractivity contribution in [2.45, 2.75) is 6.42 Å². The van der Waals surface area contributed by atoms with Crippen molar-refractivity contribution in [3.05, 3.63) is 36.4 Å². The van der Waals surface area contributed by atoms with Gasteiger partial charge in [-0.3, -0.25) is 19.2 Å². The Bertz CT molecular complexity index is 616. The number of amides is 2. The van der Waals surface area contributed by atoms with Crippen LogP contribution >= 0.6 is 0 Å². The van der Waals surface area contributed by atoms with E-state index in [0.29, 0.717) is 0 Å². The molecule has 0 spiro atoms. The van der Waals surface area contributed by atoms with Gasteiger partial charge in [-0.25, -0.2) is 4.90 Å². The van der Waals surface area contributed by atoms with Crippen molar-refractivity contribution in [1.29, 1.82) is 0 Å². The number of rotatable bonds is 4. The smallest absolute Gasteiger partial charge is 0.322 e. The minimum atomic E-state index is -1.31. The van der Waals surface area contributed by atoms with Crippen molar-refractivity contribution in [2.75, 3.05) is 4.90 Å². The Labute approximate surface area is 113 Å². The van der Waals surface area contributed by atoms with Crippen LogP contribution in [0.15, 0.2) is 36.4 Å². The van der Waals surface area contributed by atoms with Crippen LogP contribution in [0.25, 0.3) is 0 Å². The van der Waals surface area contributed by atoms with Crippen LogP contribution in [-0.4, -0.2) is 28.9 Å². The number of hydrogen-bond acceptors (Lipinski definition) is 5. The van der Waals surface area contributed by atoms with E-state index >= 15 is 0 Å². The predicted octanol–water partition coefficient (Wildman–Crippen LogP) is 0.496. The third-order valence-corrected chi connectivity index (χ3v) is 2.41. The summed E-state index contributed by atoms with van der Waals surface area (Å²) in [6, 6.07) is 5.71. The molecule has 102 valence electrons. The highest BCUT2D eigenvalue weighted by atomic mass is 16.5. The number of carboxylic acid groups (broad SMARTS) is 1. The first-order chi connectivity index (χ1) is 9.47. The Hall–Kier alpha value is -2.96. The summed E-state index contributed by atoms with van der Waals surface area (Å²) in [7, 11) is 0. The van der Waals surface area contributed by atoms with Crippen LogP contribution < -0.4 is 9.64 Å². The van der Waals surface area contributed by atoms with Gasteiger partial charge in [-0.15, -0.1) is 0 Å². The number of imide groups is 1. The maximum atomic E-state index is 11.5. The van der Waals surface area contributed by atoms with Crippen molar-refractivity contribution in [1.82, 2.24) is 0 Å². The molecule has 1 aliphatic rings. The molecule has 7 heteroatoms. The SMILES string of the molecule is O=C(O)CC(=O)Oc1cccc(N2C(=O)C=CC2=O)c1. The Morgan fingerprint density at radius 1 is 1.15 bits per heavy atom. The number of nitrogens with zero attached hydrogens (tertiary/aromatic N) is 1. The highest BCUT2D eigenvalue weighted by molar-refractivity contribution is 6.28. The van der Waals surface area contributed by atoms with Crippen molar-refractivity contribution >= 4 is 29.4 Å². The zero-order chi connectivity index (χ0) is 14.7. The first-order valence-electron chi connectivity index (χ1n) is 5.56. The van der Waals surface area contributed by atoms with E-state index in [1.165, 1.54) is 24.3 Å². The lowest BCUT2D eigenvalue weighted by atomic mass is 10.2. The lowest BCUT2D eigenvalue weighted by Crippen LogP contribution is -2.29. The molecule has 0 aliphatic carbocycles. The number of ether oxygens (including phenoxy) is 1. The van der Waals surface area contributed by atoms with E-state index in [4.69, 9.17) is 9.84 Å². The fourth-order valence-corrected chi connectivity index (χ4v) is 1.63. The largest absolute Gasteiger partial charge is 0.481 e. The van der Waals surface area contributed by atoms with Crippen LogP contribution in [0.1, 0.15) is 6.42 Å². The molecular formula is C13H9NO6. The summed E-state index contributed by atoms with van der Waals surface area (Å²) >= 11 is 0. The number of anilines is 1. The molecule has 2 rings (SSSR count). The summed E-state index contributed by atoms with van der Waals surface area (Å²) in [6.45, 7) is 0. The first-order valence-corrected chi connectivity index (χ1v) is 5.56. The van der Waals surface area contributed by atoms with Crippen LogP contribution in [0.2, 0.25) is 0 Å². The van der Waals surface area contributed by atoms with Crippen molar-refractivity contribution < 1.29 is 29.0 Å². The molecule has 0 radical (unpaired) electrons. The van der Waals surface area contributed by atoms with Gasteiger partial charge in [0.15, 0.2) is 0 Å². The van der Waals surface area contributed by atoms with Crippen LogP contribution in [-0.2, 0) is 19.2 Å². The van der Waals surface area contributed by atoms with Crippen LogP contribution in [0, 0.1) is 0 Å². The summed E-state index contributed by atoms with van der Waals surface area (Å²) in [5, 5.41) is 8.45. The summed E-state index contributed by atoms with van der Waals surface area (Å²) in [5.41, 5.74) is 0.241. The van der Waals surface area contributed by atoms with Gasteiger partial charge in [0.25, 0.3) is 11.8 Å². The third-order valence-electron chi connectivity index (χ3n) is 2.41. The van der Waals surface area contributed by atoms with Crippen LogP contribution in [0.3, 0.4) is 0 Å². The van der Waals surface area contributed by atoms with E-state index in [1.54, 1.807) is 0 Å². The van der Waals surface area contributed by atoms with Crippen molar-refractivity contribution in [3.8, 4) is 5.75 Å². The molecule has 0 aromatic heterocycles. The Balaban J connectivity index is 2.16. The first kappa shape index (κ1) is 13.5. The number of aliphatic carboxylic acids is 1. The van der Waals surface area contributed by atoms with Gasteiger partial charge in [0.05, 0.1) is 5.69 Å². The molecule has 0 bridgehead atoms. The number of esters is 1. The highest BCUT2D eigenvalue weighted by Gasteiger charge is 2.25. The van der Waals surface area contributed by atoms with Gasteiger partial charge in [-0.2, -0.15) is 0 Å². The van der Waals surface area contributed by atoms with E-state index in [0.717, 1.165) is 17.1 Å². The minimum absolute atomic E-state index is 0.0567. The van der Waals surface area contributed by atoms with Crippen LogP contribution in [0.5, 0.6) is 5.75 Å². The molecule has 1 heterocycles. The Morgan fingerprint density at radius 2 is 1.80 bits per heavy atom. The molecule has 0 atom stereocenters. The predicted molar refractivity (Wildman–Crippen MR) is 66.0 cm³/mol. The summed E-state index contributed by atoms with van der Waals surface area (Å²) in [6.07, 6.45) is 1.49. The standard InChI is InChI=1S/C13H9NO6/c15-10-4-5-11(16)14(10)8-2-1-3-9(6-8)20-13(19)7-12(17)18/h1-6H,7H2,(H,17,18). The molecule has 0 saturated carbocycles. The van der Waals surface area contributed by atoms with Gasteiger partial charge in [-0.05, 0) is 12.1 Å².